The molecule has 0 aliphatic heterocycles. The van der Waals surface area contributed by atoms with Crippen LogP contribution in [0, 0.1) is 5.92 Å². The molecule has 0 aliphatic rings. The number of anilines is 1. The van der Waals surface area contributed by atoms with Crippen LogP contribution in [0.1, 0.15) is 20.8 Å². The number of aromatic nitrogens is 2. The molecule has 18 heavy (non-hydrogen) atoms. The Bertz CT molecular complexity index is 445. The Balaban J connectivity index is 2.97. The molecular formula is C12H20ClN3O2. The van der Waals surface area contributed by atoms with Crippen LogP contribution in [0.25, 0.3) is 0 Å². The Morgan fingerprint density at radius 2 is 2.22 bits per heavy atom. The summed E-state index contributed by atoms with van der Waals surface area (Å²) in [7, 11) is 1.64. The SMILES string of the molecule is CCn1ncc(NC(COC)C(C)C)c(Cl)c1=O. The van der Waals surface area contributed by atoms with Crippen molar-refractivity contribution < 1.29 is 4.74 Å². The van der Waals surface area contributed by atoms with Gasteiger partial charge in [0.2, 0.25) is 0 Å². The Morgan fingerprint density at radius 1 is 1.56 bits per heavy atom. The first kappa shape index (κ1) is 15.0. The smallest absolute Gasteiger partial charge is 0.287 e. The first-order chi connectivity index (χ1) is 8.51. The highest BCUT2D eigenvalue weighted by Gasteiger charge is 2.16. The molecule has 0 aliphatic carbocycles. The summed E-state index contributed by atoms with van der Waals surface area (Å²) in [5.74, 6) is 0.356. The second kappa shape index (κ2) is 6.75. The van der Waals surface area contributed by atoms with E-state index in [9.17, 15) is 4.79 Å². The van der Waals surface area contributed by atoms with E-state index in [0.29, 0.717) is 24.8 Å². The molecule has 1 atom stereocenters. The minimum atomic E-state index is -0.274. The number of rotatable bonds is 6. The number of hydrogen-bond donors (Lipinski definition) is 1. The molecule has 1 aromatic rings. The fourth-order valence-electron chi connectivity index (χ4n) is 1.57. The van der Waals surface area contributed by atoms with Gasteiger partial charge in [-0.2, -0.15) is 5.10 Å². The normalized spacial score (nSPS) is 12.8. The number of hydrogen-bond acceptors (Lipinski definition) is 4. The Morgan fingerprint density at radius 3 is 2.72 bits per heavy atom. The van der Waals surface area contributed by atoms with Gasteiger partial charge in [0.1, 0.15) is 5.02 Å². The molecule has 1 N–H and O–H groups in total. The van der Waals surface area contributed by atoms with Gasteiger partial charge in [0.15, 0.2) is 0 Å². The summed E-state index contributed by atoms with van der Waals surface area (Å²) in [5, 5.41) is 7.43. The van der Waals surface area contributed by atoms with Gasteiger partial charge in [0.05, 0.1) is 24.5 Å². The van der Waals surface area contributed by atoms with Crippen LogP contribution in [-0.2, 0) is 11.3 Å². The van der Waals surface area contributed by atoms with Crippen LogP contribution < -0.4 is 10.9 Å². The Hall–Kier alpha value is -1.07. The number of aryl methyl sites for hydroxylation is 1. The largest absolute Gasteiger partial charge is 0.383 e. The van der Waals surface area contributed by atoms with E-state index in [2.05, 4.69) is 24.3 Å². The van der Waals surface area contributed by atoms with Crippen molar-refractivity contribution >= 4 is 17.3 Å². The lowest BCUT2D eigenvalue weighted by molar-refractivity contribution is 0.171. The van der Waals surface area contributed by atoms with Crippen molar-refractivity contribution in [2.45, 2.75) is 33.4 Å². The Kier molecular flexibility index (Phi) is 5.62. The van der Waals surface area contributed by atoms with Crippen molar-refractivity contribution in [1.29, 1.82) is 0 Å². The molecule has 0 spiro atoms. The van der Waals surface area contributed by atoms with Gasteiger partial charge >= 0.3 is 0 Å². The maximum Gasteiger partial charge on any atom is 0.287 e. The van der Waals surface area contributed by atoms with Gasteiger partial charge in [0, 0.05) is 13.7 Å². The molecule has 5 nitrogen and oxygen atoms in total. The van der Waals surface area contributed by atoms with Crippen LogP contribution in [0.15, 0.2) is 11.0 Å². The molecule has 102 valence electrons. The summed E-state index contributed by atoms with van der Waals surface area (Å²) in [6, 6.07) is 0.0891. The number of nitrogens with zero attached hydrogens (tertiary/aromatic N) is 2. The van der Waals surface area contributed by atoms with E-state index in [1.165, 1.54) is 4.68 Å². The van der Waals surface area contributed by atoms with Crippen LogP contribution in [0.5, 0.6) is 0 Å². The van der Waals surface area contributed by atoms with Gasteiger partial charge in [-0.25, -0.2) is 4.68 Å². The predicted octanol–water partition coefficient (Wildman–Crippen LogP) is 2.00. The minimum Gasteiger partial charge on any atom is -0.383 e. The average Bonchev–Trinajstić information content (AvgIpc) is 2.34. The predicted molar refractivity (Wildman–Crippen MR) is 73.3 cm³/mol. The zero-order valence-corrected chi connectivity index (χ0v) is 12.0. The van der Waals surface area contributed by atoms with Gasteiger partial charge in [-0.1, -0.05) is 25.4 Å². The maximum absolute atomic E-state index is 11.8. The number of methoxy groups -OCH3 is 1. The van der Waals surface area contributed by atoms with Crippen molar-refractivity contribution in [1.82, 2.24) is 9.78 Å². The first-order valence-corrected chi connectivity index (χ1v) is 6.40. The van der Waals surface area contributed by atoms with Crippen molar-refractivity contribution in [3.8, 4) is 0 Å². The number of nitrogens with one attached hydrogen (secondary N) is 1. The van der Waals surface area contributed by atoms with E-state index in [4.69, 9.17) is 16.3 Å². The molecular weight excluding hydrogens is 254 g/mol. The van der Waals surface area contributed by atoms with Gasteiger partial charge in [-0.15, -0.1) is 0 Å². The summed E-state index contributed by atoms with van der Waals surface area (Å²) in [5.41, 5.74) is 0.284. The van der Waals surface area contributed by atoms with Gasteiger partial charge in [-0.3, -0.25) is 4.79 Å². The third kappa shape index (κ3) is 3.46. The van der Waals surface area contributed by atoms with Gasteiger partial charge < -0.3 is 10.1 Å². The fourth-order valence-corrected chi connectivity index (χ4v) is 1.77. The average molecular weight is 274 g/mol. The van der Waals surface area contributed by atoms with Crippen molar-refractivity contribution in [2.75, 3.05) is 19.0 Å². The van der Waals surface area contributed by atoms with Crippen molar-refractivity contribution in [3.05, 3.63) is 21.6 Å². The molecule has 1 heterocycles. The van der Waals surface area contributed by atoms with E-state index >= 15 is 0 Å². The first-order valence-electron chi connectivity index (χ1n) is 6.02. The lowest BCUT2D eigenvalue weighted by atomic mass is 10.1. The van der Waals surface area contributed by atoms with Crippen LogP contribution in [-0.4, -0.2) is 29.5 Å². The minimum absolute atomic E-state index is 0.0891. The summed E-state index contributed by atoms with van der Waals surface area (Å²) < 4.78 is 6.47. The van der Waals surface area contributed by atoms with Crippen molar-refractivity contribution in [2.24, 2.45) is 5.92 Å². The topological polar surface area (TPSA) is 56.1 Å². The van der Waals surface area contributed by atoms with E-state index in [1.807, 2.05) is 6.92 Å². The molecule has 0 bridgehead atoms. The molecule has 0 saturated carbocycles. The highest BCUT2D eigenvalue weighted by molar-refractivity contribution is 6.32. The molecule has 1 aromatic heterocycles. The molecule has 0 fully saturated rings. The fraction of sp³-hybridized carbons (Fsp3) is 0.667. The molecule has 1 rings (SSSR count). The van der Waals surface area contributed by atoms with Crippen LogP contribution in [0.2, 0.25) is 5.02 Å². The van der Waals surface area contributed by atoms with Crippen LogP contribution >= 0.6 is 11.6 Å². The standard InChI is InChI=1S/C12H20ClN3O2/c1-5-16-12(17)11(13)9(6-14-16)15-10(7-18-4)8(2)3/h6,8,10,15H,5,7H2,1-4H3. The monoisotopic (exact) mass is 273 g/mol. The van der Waals surface area contributed by atoms with Crippen LogP contribution in [0.3, 0.4) is 0 Å². The van der Waals surface area contributed by atoms with Gasteiger partial charge in [-0.05, 0) is 12.8 Å². The van der Waals surface area contributed by atoms with E-state index in [-0.39, 0.29) is 16.6 Å². The summed E-state index contributed by atoms with van der Waals surface area (Å²) in [6.45, 7) is 7.05. The summed E-state index contributed by atoms with van der Waals surface area (Å²) in [6.07, 6.45) is 1.58. The lowest BCUT2D eigenvalue weighted by Gasteiger charge is -2.23. The maximum atomic E-state index is 11.8. The molecule has 0 amide bonds. The Labute approximate surface area is 112 Å². The third-order valence-electron chi connectivity index (χ3n) is 2.78. The van der Waals surface area contributed by atoms with E-state index in [1.54, 1.807) is 13.3 Å². The second-order valence-electron chi connectivity index (χ2n) is 4.44. The lowest BCUT2D eigenvalue weighted by Crippen LogP contribution is -2.32. The summed E-state index contributed by atoms with van der Waals surface area (Å²) >= 11 is 6.05. The molecule has 0 aromatic carbocycles. The molecule has 1 unspecified atom stereocenters. The zero-order chi connectivity index (χ0) is 13.7. The quantitative estimate of drug-likeness (QED) is 0.861. The van der Waals surface area contributed by atoms with Gasteiger partial charge in [0.25, 0.3) is 5.56 Å². The van der Waals surface area contributed by atoms with E-state index < -0.39 is 0 Å². The highest BCUT2D eigenvalue weighted by atomic mass is 35.5. The molecule has 0 saturated heterocycles. The number of halogens is 1. The zero-order valence-electron chi connectivity index (χ0n) is 11.2. The third-order valence-corrected chi connectivity index (χ3v) is 3.14. The number of ether oxygens (including phenoxy) is 1. The van der Waals surface area contributed by atoms with Crippen molar-refractivity contribution in [3.63, 3.8) is 0 Å². The van der Waals surface area contributed by atoms with Crippen LogP contribution in [0.4, 0.5) is 5.69 Å². The summed E-state index contributed by atoms with van der Waals surface area (Å²) in [4.78, 5) is 11.8. The molecule has 0 radical (unpaired) electrons. The van der Waals surface area contributed by atoms with E-state index in [0.717, 1.165) is 0 Å². The molecule has 6 heteroatoms. The second-order valence-corrected chi connectivity index (χ2v) is 4.82. The highest BCUT2D eigenvalue weighted by Crippen LogP contribution is 2.18.